The predicted octanol–water partition coefficient (Wildman–Crippen LogP) is 4.01. The van der Waals surface area contributed by atoms with Crippen LogP contribution in [-0.4, -0.2) is 18.1 Å². The maximum absolute atomic E-state index is 11.7. The van der Waals surface area contributed by atoms with Crippen molar-refractivity contribution in [3.8, 4) is 0 Å². The van der Waals surface area contributed by atoms with Crippen LogP contribution >= 0.6 is 11.6 Å². The van der Waals surface area contributed by atoms with E-state index in [1.807, 2.05) is 12.1 Å². The first-order valence-corrected chi connectivity index (χ1v) is 6.54. The Morgan fingerprint density at radius 1 is 1.33 bits per heavy atom. The third-order valence-electron chi connectivity index (χ3n) is 2.93. The van der Waals surface area contributed by atoms with E-state index in [4.69, 9.17) is 20.8 Å². The van der Waals surface area contributed by atoms with E-state index < -0.39 is 5.97 Å². The summed E-state index contributed by atoms with van der Waals surface area (Å²) in [5.41, 5.74) is 1.49. The van der Waals surface area contributed by atoms with Crippen molar-refractivity contribution in [3.05, 3.63) is 53.4 Å². The van der Waals surface area contributed by atoms with E-state index in [2.05, 4.69) is 10.3 Å². The number of methoxy groups -OCH3 is 1. The number of nitrogens with zero attached hydrogens (tertiary/aromatic N) is 1. The monoisotopic (exact) mass is 302 g/mol. The number of carbonyl (C=O) groups excluding carboxylic acids is 1. The van der Waals surface area contributed by atoms with E-state index in [1.165, 1.54) is 13.4 Å². The fourth-order valence-corrected chi connectivity index (χ4v) is 2.16. The maximum Gasteiger partial charge on any atom is 0.356 e. The summed E-state index contributed by atoms with van der Waals surface area (Å²) in [6.07, 6.45) is 1.54. The quantitative estimate of drug-likeness (QED) is 0.740. The van der Waals surface area contributed by atoms with Gasteiger partial charge in [-0.2, -0.15) is 0 Å². The fourth-order valence-electron chi connectivity index (χ4n) is 1.97. The number of hydrogen-bond donors (Lipinski definition) is 1. The van der Waals surface area contributed by atoms with Gasteiger partial charge in [0.25, 0.3) is 0 Å². The number of esters is 1. The Hall–Kier alpha value is -2.53. The number of aromatic nitrogens is 1. The Balaban J connectivity index is 2.07. The SMILES string of the molecule is COC(=O)c1cc2occc2c(Nc2cccc(Cl)c2)n1. The van der Waals surface area contributed by atoms with Crippen LogP contribution in [0.4, 0.5) is 11.5 Å². The summed E-state index contributed by atoms with van der Waals surface area (Å²) in [5.74, 6) is -0.0219. The van der Waals surface area contributed by atoms with E-state index in [-0.39, 0.29) is 5.69 Å². The van der Waals surface area contributed by atoms with Crippen LogP contribution in [0.25, 0.3) is 11.0 Å². The van der Waals surface area contributed by atoms with E-state index in [0.29, 0.717) is 16.4 Å². The van der Waals surface area contributed by atoms with Gasteiger partial charge < -0.3 is 14.5 Å². The summed E-state index contributed by atoms with van der Waals surface area (Å²) in [7, 11) is 1.31. The van der Waals surface area contributed by atoms with Gasteiger partial charge in [-0.05, 0) is 24.3 Å². The molecule has 2 heterocycles. The summed E-state index contributed by atoms with van der Waals surface area (Å²) < 4.78 is 10.0. The van der Waals surface area contributed by atoms with Gasteiger partial charge in [0, 0.05) is 16.8 Å². The first kappa shape index (κ1) is 13.5. The normalized spacial score (nSPS) is 10.6. The topological polar surface area (TPSA) is 64.4 Å². The number of anilines is 2. The lowest BCUT2D eigenvalue weighted by Gasteiger charge is -2.08. The Morgan fingerprint density at radius 2 is 2.19 bits per heavy atom. The first-order chi connectivity index (χ1) is 10.2. The predicted molar refractivity (Wildman–Crippen MR) is 80.1 cm³/mol. The van der Waals surface area contributed by atoms with E-state index in [1.54, 1.807) is 24.3 Å². The van der Waals surface area contributed by atoms with E-state index in [0.717, 1.165) is 11.1 Å². The van der Waals surface area contributed by atoms with Gasteiger partial charge in [0.05, 0.1) is 18.8 Å². The van der Waals surface area contributed by atoms with E-state index >= 15 is 0 Å². The first-order valence-electron chi connectivity index (χ1n) is 6.16. The van der Waals surface area contributed by atoms with Gasteiger partial charge in [-0.1, -0.05) is 17.7 Å². The van der Waals surface area contributed by atoms with Crippen molar-refractivity contribution in [1.82, 2.24) is 4.98 Å². The van der Waals surface area contributed by atoms with Gasteiger partial charge in [-0.3, -0.25) is 0 Å². The summed E-state index contributed by atoms with van der Waals surface area (Å²) in [4.78, 5) is 15.9. The lowest BCUT2D eigenvalue weighted by atomic mass is 10.2. The summed E-state index contributed by atoms with van der Waals surface area (Å²) >= 11 is 5.96. The molecule has 5 nitrogen and oxygen atoms in total. The molecule has 0 aliphatic heterocycles. The second-order valence-electron chi connectivity index (χ2n) is 4.32. The van der Waals surface area contributed by atoms with Crippen molar-refractivity contribution in [3.63, 3.8) is 0 Å². The molecule has 1 aromatic carbocycles. The van der Waals surface area contributed by atoms with Gasteiger partial charge in [0.1, 0.15) is 11.4 Å². The van der Waals surface area contributed by atoms with Crippen LogP contribution in [0.3, 0.4) is 0 Å². The van der Waals surface area contributed by atoms with Crippen LogP contribution in [-0.2, 0) is 4.74 Å². The Kier molecular flexibility index (Phi) is 3.50. The maximum atomic E-state index is 11.7. The number of carbonyl (C=O) groups is 1. The van der Waals surface area contributed by atoms with Crippen molar-refractivity contribution in [1.29, 1.82) is 0 Å². The highest BCUT2D eigenvalue weighted by molar-refractivity contribution is 6.30. The standard InChI is InChI=1S/C15H11ClN2O3/c1-20-15(19)12-8-13-11(5-6-21-13)14(18-12)17-10-4-2-3-9(16)7-10/h2-8H,1H3,(H,17,18). The zero-order valence-electron chi connectivity index (χ0n) is 11.1. The molecule has 0 spiro atoms. The van der Waals surface area contributed by atoms with Crippen LogP contribution in [0, 0.1) is 0 Å². The molecule has 0 radical (unpaired) electrons. The molecular weight excluding hydrogens is 292 g/mol. The highest BCUT2D eigenvalue weighted by Crippen LogP contribution is 2.27. The molecule has 0 saturated heterocycles. The number of pyridine rings is 1. The Bertz CT molecular complexity index is 814. The van der Waals surface area contributed by atoms with Crippen LogP contribution < -0.4 is 5.32 Å². The molecule has 2 aromatic heterocycles. The lowest BCUT2D eigenvalue weighted by molar-refractivity contribution is 0.0594. The Labute approximate surface area is 125 Å². The minimum Gasteiger partial charge on any atom is -0.464 e. The third-order valence-corrected chi connectivity index (χ3v) is 3.17. The molecule has 0 fully saturated rings. The molecular formula is C15H11ClN2O3. The molecule has 3 aromatic rings. The lowest BCUT2D eigenvalue weighted by Crippen LogP contribution is -2.06. The number of ether oxygens (including phenoxy) is 1. The number of halogens is 1. The molecule has 0 aliphatic carbocycles. The molecule has 0 atom stereocenters. The molecule has 0 saturated carbocycles. The van der Waals surface area contributed by atoms with Crippen LogP contribution in [0.2, 0.25) is 5.02 Å². The van der Waals surface area contributed by atoms with Crippen molar-refractivity contribution >= 4 is 40.0 Å². The second kappa shape index (κ2) is 5.46. The largest absolute Gasteiger partial charge is 0.464 e. The van der Waals surface area contributed by atoms with Crippen LogP contribution in [0.1, 0.15) is 10.5 Å². The molecule has 1 N–H and O–H groups in total. The number of nitrogens with one attached hydrogen (secondary N) is 1. The molecule has 3 rings (SSSR count). The third kappa shape index (κ3) is 2.68. The van der Waals surface area contributed by atoms with Gasteiger partial charge >= 0.3 is 5.97 Å². The van der Waals surface area contributed by atoms with Crippen LogP contribution in [0.5, 0.6) is 0 Å². The summed E-state index contributed by atoms with van der Waals surface area (Å²) in [5, 5.41) is 4.50. The molecule has 21 heavy (non-hydrogen) atoms. The van der Waals surface area contributed by atoms with Crippen LogP contribution in [0.15, 0.2) is 47.1 Å². The van der Waals surface area contributed by atoms with Gasteiger partial charge in [-0.25, -0.2) is 9.78 Å². The van der Waals surface area contributed by atoms with Gasteiger partial charge in [0.2, 0.25) is 0 Å². The molecule has 106 valence electrons. The smallest absolute Gasteiger partial charge is 0.356 e. The highest BCUT2D eigenvalue weighted by atomic mass is 35.5. The van der Waals surface area contributed by atoms with Crippen molar-refractivity contribution in [2.45, 2.75) is 0 Å². The number of rotatable bonds is 3. The van der Waals surface area contributed by atoms with Gasteiger partial charge in [0.15, 0.2) is 5.69 Å². The number of furan rings is 1. The number of fused-ring (bicyclic) bond motifs is 1. The summed E-state index contributed by atoms with van der Waals surface area (Å²) in [6, 6.07) is 10.5. The zero-order chi connectivity index (χ0) is 14.8. The molecule has 0 unspecified atom stereocenters. The zero-order valence-corrected chi connectivity index (χ0v) is 11.8. The molecule has 6 heteroatoms. The van der Waals surface area contributed by atoms with Crippen molar-refractivity contribution in [2.75, 3.05) is 12.4 Å². The second-order valence-corrected chi connectivity index (χ2v) is 4.75. The molecule has 0 amide bonds. The molecule has 0 aliphatic rings. The van der Waals surface area contributed by atoms with Gasteiger partial charge in [-0.15, -0.1) is 0 Å². The average Bonchev–Trinajstić information content (AvgIpc) is 2.95. The highest BCUT2D eigenvalue weighted by Gasteiger charge is 2.14. The van der Waals surface area contributed by atoms with Crippen molar-refractivity contribution in [2.24, 2.45) is 0 Å². The van der Waals surface area contributed by atoms with E-state index in [9.17, 15) is 4.79 Å². The summed E-state index contributed by atoms with van der Waals surface area (Å²) in [6.45, 7) is 0. The fraction of sp³-hybridized carbons (Fsp3) is 0.0667. The van der Waals surface area contributed by atoms with Crippen molar-refractivity contribution < 1.29 is 13.9 Å². The Morgan fingerprint density at radius 3 is 2.95 bits per heavy atom. The minimum absolute atomic E-state index is 0.171. The number of benzene rings is 1. The molecule has 0 bridgehead atoms. The average molecular weight is 303 g/mol. The number of hydrogen-bond acceptors (Lipinski definition) is 5. The minimum atomic E-state index is -0.526.